The first-order valence-electron chi connectivity index (χ1n) is 7.78. The fourth-order valence-electron chi connectivity index (χ4n) is 3.67. The number of nitrogens with one attached hydrogen (secondary N) is 1. The van der Waals surface area contributed by atoms with Crippen LogP contribution in [0.5, 0.6) is 5.75 Å². The molecule has 2 heterocycles. The zero-order valence-corrected chi connectivity index (χ0v) is 13.4. The zero-order valence-electron chi connectivity index (χ0n) is 12.6. The van der Waals surface area contributed by atoms with E-state index in [0.29, 0.717) is 23.2 Å². The fourth-order valence-corrected chi connectivity index (χ4v) is 3.67. The van der Waals surface area contributed by atoms with Crippen LogP contribution in [-0.2, 0) is 0 Å². The highest BCUT2D eigenvalue weighted by Gasteiger charge is 2.39. The van der Waals surface area contributed by atoms with Crippen molar-refractivity contribution in [3.05, 3.63) is 40.8 Å². The van der Waals surface area contributed by atoms with Crippen molar-refractivity contribution in [3.63, 3.8) is 0 Å². The Hall–Kier alpha value is -1.56. The van der Waals surface area contributed by atoms with E-state index in [9.17, 15) is 9.90 Å². The molecule has 1 aliphatic carbocycles. The van der Waals surface area contributed by atoms with Crippen molar-refractivity contribution in [2.45, 2.75) is 25.0 Å². The Bertz CT molecular complexity index is 747. The van der Waals surface area contributed by atoms with Crippen molar-refractivity contribution < 1.29 is 14.3 Å². The van der Waals surface area contributed by atoms with Crippen LogP contribution in [0.3, 0.4) is 0 Å². The molecule has 2 aliphatic rings. The molecule has 0 radical (unpaired) electrons. The van der Waals surface area contributed by atoms with Gasteiger partial charge in [0.15, 0.2) is 0 Å². The molecule has 2 N–H and O–H groups in total. The summed E-state index contributed by atoms with van der Waals surface area (Å²) in [5.74, 6) is 1.77. The second-order valence-corrected chi connectivity index (χ2v) is 6.33. The molecule has 1 aliphatic heterocycles. The molecule has 0 amide bonds. The van der Waals surface area contributed by atoms with Crippen LogP contribution < -0.4 is 15.7 Å². The summed E-state index contributed by atoms with van der Waals surface area (Å²) in [6.45, 7) is 2.00. The van der Waals surface area contributed by atoms with Gasteiger partial charge < -0.3 is 19.6 Å². The van der Waals surface area contributed by atoms with E-state index in [1.54, 1.807) is 12.1 Å². The minimum atomic E-state index is -0.445. The summed E-state index contributed by atoms with van der Waals surface area (Å²) in [7, 11) is 0. The van der Waals surface area contributed by atoms with Crippen molar-refractivity contribution in [1.82, 2.24) is 5.32 Å². The molecular weight excluding hydrogens is 318 g/mol. The molecule has 2 fully saturated rings. The van der Waals surface area contributed by atoms with Gasteiger partial charge >= 0.3 is 5.63 Å². The third-order valence-corrected chi connectivity index (χ3v) is 4.87. The van der Waals surface area contributed by atoms with E-state index in [4.69, 9.17) is 9.15 Å². The van der Waals surface area contributed by atoms with Gasteiger partial charge in [-0.25, -0.2) is 4.79 Å². The summed E-state index contributed by atoms with van der Waals surface area (Å²) in [5.41, 5.74) is 0.137. The van der Waals surface area contributed by atoms with Gasteiger partial charge in [-0.3, -0.25) is 0 Å². The lowest BCUT2D eigenvalue weighted by molar-refractivity contribution is -0.0231. The van der Waals surface area contributed by atoms with E-state index < -0.39 is 6.10 Å². The van der Waals surface area contributed by atoms with Gasteiger partial charge in [-0.15, -0.1) is 12.4 Å². The van der Waals surface area contributed by atoms with Gasteiger partial charge in [-0.1, -0.05) is 0 Å². The smallest absolute Gasteiger partial charge is 0.336 e. The Morgan fingerprint density at radius 3 is 2.70 bits per heavy atom. The maximum absolute atomic E-state index is 11.3. The van der Waals surface area contributed by atoms with E-state index >= 15 is 0 Å². The van der Waals surface area contributed by atoms with Crippen LogP contribution >= 0.6 is 12.4 Å². The van der Waals surface area contributed by atoms with Crippen molar-refractivity contribution in [3.8, 4) is 5.75 Å². The van der Waals surface area contributed by atoms with Gasteiger partial charge in [0.1, 0.15) is 17.4 Å². The third-order valence-electron chi connectivity index (χ3n) is 4.87. The first kappa shape index (κ1) is 16.3. The average molecular weight is 338 g/mol. The Morgan fingerprint density at radius 2 is 1.87 bits per heavy atom. The highest BCUT2D eigenvalue weighted by molar-refractivity contribution is 5.85. The van der Waals surface area contributed by atoms with Crippen LogP contribution in [-0.4, -0.2) is 30.4 Å². The van der Waals surface area contributed by atoms with Gasteiger partial charge in [-0.05, 0) is 56.0 Å². The van der Waals surface area contributed by atoms with Crippen LogP contribution in [0.1, 0.15) is 12.8 Å². The molecule has 4 rings (SSSR count). The number of ether oxygens (including phenoxy) is 1. The SMILES string of the molecule is Cl.O=c1ccc2ccc(O[C@@H]3C[C@@H]4CNC[C@@H]4C[C@H]3O)cc2o1. The number of rotatable bonds is 2. The summed E-state index contributed by atoms with van der Waals surface area (Å²) in [6, 6.07) is 8.58. The second kappa shape index (κ2) is 6.51. The molecular formula is C17H20ClNO4. The van der Waals surface area contributed by atoms with E-state index in [-0.39, 0.29) is 24.1 Å². The van der Waals surface area contributed by atoms with E-state index in [0.717, 1.165) is 31.3 Å². The molecule has 124 valence electrons. The molecule has 5 nitrogen and oxygen atoms in total. The summed E-state index contributed by atoms with van der Waals surface area (Å²) >= 11 is 0. The van der Waals surface area contributed by atoms with E-state index in [2.05, 4.69) is 5.32 Å². The predicted molar refractivity (Wildman–Crippen MR) is 89.2 cm³/mol. The maximum atomic E-state index is 11.3. The van der Waals surface area contributed by atoms with Gasteiger partial charge in [0.25, 0.3) is 0 Å². The number of aliphatic hydroxyl groups is 1. The van der Waals surface area contributed by atoms with Crippen LogP contribution in [0.25, 0.3) is 11.0 Å². The van der Waals surface area contributed by atoms with Crippen LogP contribution in [0.15, 0.2) is 39.5 Å². The summed E-state index contributed by atoms with van der Waals surface area (Å²) in [6.07, 6.45) is 0.995. The molecule has 6 heteroatoms. The van der Waals surface area contributed by atoms with Crippen molar-refractivity contribution >= 4 is 23.4 Å². The molecule has 1 saturated heterocycles. The van der Waals surface area contributed by atoms with Crippen molar-refractivity contribution in [1.29, 1.82) is 0 Å². The fraction of sp³-hybridized carbons (Fsp3) is 0.471. The average Bonchev–Trinajstić information content (AvgIpc) is 2.94. The highest BCUT2D eigenvalue weighted by Crippen LogP contribution is 2.35. The van der Waals surface area contributed by atoms with Gasteiger partial charge in [-0.2, -0.15) is 0 Å². The van der Waals surface area contributed by atoms with E-state index in [1.165, 1.54) is 6.07 Å². The Morgan fingerprint density at radius 1 is 1.13 bits per heavy atom. The highest BCUT2D eigenvalue weighted by atomic mass is 35.5. The minimum Gasteiger partial charge on any atom is -0.488 e. The Labute approximate surface area is 140 Å². The molecule has 23 heavy (non-hydrogen) atoms. The predicted octanol–water partition coefficient (Wildman–Crippen LogP) is 1.95. The number of halogens is 1. The van der Waals surface area contributed by atoms with Gasteiger partial charge in [0.2, 0.25) is 0 Å². The molecule has 0 bridgehead atoms. The first-order chi connectivity index (χ1) is 10.7. The summed E-state index contributed by atoms with van der Waals surface area (Å²) in [4.78, 5) is 11.3. The van der Waals surface area contributed by atoms with Crippen molar-refractivity contribution in [2.24, 2.45) is 11.8 Å². The van der Waals surface area contributed by atoms with Crippen LogP contribution in [0.4, 0.5) is 0 Å². The van der Waals surface area contributed by atoms with Crippen molar-refractivity contribution in [2.75, 3.05) is 13.1 Å². The molecule has 1 aromatic carbocycles. The molecule has 2 aromatic rings. The maximum Gasteiger partial charge on any atom is 0.336 e. The number of fused-ring (bicyclic) bond motifs is 2. The van der Waals surface area contributed by atoms with Crippen LogP contribution in [0, 0.1) is 11.8 Å². The summed E-state index contributed by atoms with van der Waals surface area (Å²) < 4.78 is 11.2. The first-order valence-corrected chi connectivity index (χ1v) is 7.78. The van der Waals surface area contributed by atoms with Gasteiger partial charge in [0, 0.05) is 17.5 Å². The monoisotopic (exact) mass is 337 g/mol. The Kier molecular flexibility index (Phi) is 4.62. The Balaban J connectivity index is 0.00000156. The molecule has 1 saturated carbocycles. The third kappa shape index (κ3) is 3.22. The lowest BCUT2D eigenvalue weighted by Crippen LogP contribution is -2.42. The number of hydrogen-bond acceptors (Lipinski definition) is 5. The topological polar surface area (TPSA) is 71.7 Å². The molecule has 4 atom stereocenters. The molecule has 0 spiro atoms. The largest absolute Gasteiger partial charge is 0.488 e. The number of hydrogen-bond donors (Lipinski definition) is 2. The van der Waals surface area contributed by atoms with Crippen LogP contribution in [0.2, 0.25) is 0 Å². The lowest BCUT2D eigenvalue weighted by atomic mass is 9.78. The van der Waals surface area contributed by atoms with E-state index in [1.807, 2.05) is 12.1 Å². The zero-order chi connectivity index (χ0) is 15.1. The normalized spacial score (nSPS) is 29.8. The number of benzene rings is 1. The quantitative estimate of drug-likeness (QED) is 0.820. The number of aliphatic hydroxyl groups excluding tert-OH is 1. The lowest BCUT2D eigenvalue weighted by Gasteiger charge is -2.35. The summed E-state index contributed by atoms with van der Waals surface area (Å²) in [5, 5.41) is 14.5. The van der Waals surface area contributed by atoms with Gasteiger partial charge in [0.05, 0.1) is 6.10 Å². The molecule has 0 unspecified atom stereocenters. The molecule has 1 aromatic heterocycles. The second-order valence-electron chi connectivity index (χ2n) is 6.33. The minimum absolute atomic E-state index is 0. The standard InChI is InChI=1S/C17H19NO4.ClH/c19-14-5-11-8-18-9-12(11)6-16(14)21-13-3-1-10-2-4-17(20)22-15(10)7-13;/h1-4,7,11-12,14,16,18-19H,5-6,8-9H2;1H/t11-,12+,14+,16+;/m0./s1.